The number of carbonyl (C=O) groups is 2. The van der Waals surface area contributed by atoms with Crippen molar-refractivity contribution in [2.45, 2.75) is 20.5 Å². The van der Waals surface area contributed by atoms with Gasteiger partial charge in [0.15, 0.2) is 16.6 Å². The Bertz CT molecular complexity index is 1430. The van der Waals surface area contributed by atoms with Crippen molar-refractivity contribution in [1.82, 2.24) is 4.90 Å². The number of hydrogen-bond donors (Lipinski definition) is 0. The topological polar surface area (TPSA) is 68.3 Å². The fourth-order valence-corrected chi connectivity index (χ4v) is 5.17. The lowest BCUT2D eigenvalue weighted by Gasteiger charge is -2.19. The number of hydrogen-bond acceptors (Lipinski definition) is 6. The third-order valence-electron chi connectivity index (χ3n) is 5.87. The number of esters is 1. The van der Waals surface area contributed by atoms with E-state index in [-0.39, 0.29) is 23.3 Å². The molecular weight excluding hydrogens is 651 g/mol. The van der Waals surface area contributed by atoms with E-state index in [2.05, 4.69) is 22.6 Å². The number of methoxy groups -OCH3 is 1. The molecule has 1 saturated heterocycles. The van der Waals surface area contributed by atoms with Crippen molar-refractivity contribution in [1.29, 1.82) is 0 Å². The number of halogens is 2. The summed E-state index contributed by atoms with van der Waals surface area (Å²) >= 11 is 13.8. The quantitative estimate of drug-likeness (QED) is 0.113. The molecule has 202 valence electrons. The largest absolute Gasteiger partial charge is 0.490 e. The lowest BCUT2D eigenvalue weighted by atomic mass is 10.1. The van der Waals surface area contributed by atoms with Crippen LogP contribution in [0.3, 0.4) is 0 Å². The van der Waals surface area contributed by atoms with Crippen LogP contribution in [0.25, 0.3) is 6.08 Å². The van der Waals surface area contributed by atoms with E-state index in [0.717, 1.165) is 9.13 Å². The molecule has 0 saturated carbocycles. The smallest absolute Gasteiger partial charge is 0.325 e. The molecule has 1 heterocycles. The molecule has 3 aromatic carbocycles. The van der Waals surface area contributed by atoms with Gasteiger partial charge in [-0.05, 0) is 102 Å². The van der Waals surface area contributed by atoms with Crippen LogP contribution in [0.4, 0.5) is 5.69 Å². The molecule has 1 aliphatic heterocycles. The minimum Gasteiger partial charge on any atom is -0.490 e. The first-order chi connectivity index (χ1) is 18.7. The van der Waals surface area contributed by atoms with Gasteiger partial charge in [-0.15, -0.1) is 0 Å². The summed E-state index contributed by atoms with van der Waals surface area (Å²) < 4.78 is 17.7. The normalized spacial score (nSPS) is 14.2. The number of aryl methyl sites for hydroxylation is 1. The second-order valence-corrected chi connectivity index (χ2v) is 10.6. The summed E-state index contributed by atoms with van der Waals surface area (Å²) in [4.78, 5) is 28.7. The zero-order valence-electron chi connectivity index (χ0n) is 21.6. The molecular formula is C29H26ClIN2O5S. The Labute approximate surface area is 251 Å². The molecule has 4 rings (SSSR count). The molecule has 0 radical (unpaired) electrons. The fourth-order valence-electron chi connectivity index (χ4n) is 3.92. The van der Waals surface area contributed by atoms with Crippen molar-refractivity contribution >= 4 is 75.2 Å². The van der Waals surface area contributed by atoms with E-state index in [1.165, 1.54) is 22.5 Å². The maximum absolute atomic E-state index is 13.6. The minimum absolute atomic E-state index is 0.164. The SMILES string of the molecule is CCOc1cc(/C=C2/C(=O)N(c3ccc(Cl)cc3)C(=S)N2CC(=O)OC)cc(I)c1OCc1ccc(C)cc1. The molecule has 0 spiro atoms. The van der Waals surface area contributed by atoms with Crippen molar-refractivity contribution in [3.05, 3.63) is 91.6 Å². The fraction of sp³-hybridized carbons (Fsp3) is 0.207. The number of nitrogens with zero attached hydrogens (tertiary/aromatic N) is 2. The Balaban J connectivity index is 1.70. The van der Waals surface area contributed by atoms with Gasteiger partial charge in [0.1, 0.15) is 18.8 Å². The van der Waals surface area contributed by atoms with Gasteiger partial charge in [-0.3, -0.25) is 14.5 Å². The van der Waals surface area contributed by atoms with E-state index >= 15 is 0 Å². The Hall–Kier alpha value is -3.15. The molecule has 7 nitrogen and oxygen atoms in total. The van der Waals surface area contributed by atoms with Crippen molar-refractivity contribution in [3.63, 3.8) is 0 Å². The molecule has 0 aromatic heterocycles. The van der Waals surface area contributed by atoms with Gasteiger partial charge in [0, 0.05) is 5.02 Å². The summed E-state index contributed by atoms with van der Waals surface area (Å²) in [7, 11) is 1.29. The minimum atomic E-state index is -0.529. The van der Waals surface area contributed by atoms with Crippen LogP contribution in [0.15, 0.2) is 66.4 Å². The van der Waals surface area contributed by atoms with Crippen LogP contribution in [0.2, 0.25) is 5.02 Å². The van der Waals surface area contributed by atoms with Crippen LogP contribution >= 0.6 is 46.4 Å². The molecule has 0 N–H and O–H groups in total. The molecule has 1 fully saturated rings. The standard InChI is InChI=1S/C29H26ClIN2O5S/c1-4-37-25-15-20(13-23(31)27(25)38-17-19-7-5-18(2)6-8-19)14-24-28(35)33(22-11-9-21(30)10-12-22)29(39)32(24)16-26(34)36-3/h5-15H,4,16-17H2,1-3H3/b24-14-. The summed E-state index contributed by atoms with van der Waals surface area (Å²) in [5.74, 6) is 0.255. The summed E-state index contributed by atoms with van der Waals surface area (Å²) in [6.45, 7) is 4.52. The van der Waals surface area contributed by atoms with Gasteiger partial charge in [0.25, 0.3) is 5.91 Å². The van der Waals surface area contributed by atoms with E-state index in [1.54, 1.807) is 36.4 Å². The Morgan fingerprint density at radius 2 is 1.77 bits per heavy atom. The van der Waals surface area contributed by atoms with Crippen LogP contribution in [0, 0.1) is 10.5 Å². The summed E-state index contributed by atoms with van der Waals surface area (Å²) in [5, 5.41) is 0.693. The summed E-state index contributed by atoms with van der Waals surface area (Å²) in [5.41, 5.74) is 3.67. The molecule has 1 amide bonds. The average molecular weight is 677 g/mol. The molecule has 1 aliphatic rings. The van der Waals surface area contributed by atoms with Crippen molar-refractivity contribution in [2.75, 3.05) is 25.2 Å². The molecule has 0 unspecified atom stereocenters. The predicted molar refractivity (Wildman–Crippen MR) is 164 cm³/mol. The second kappa shape index (κ2) is 12.8. The average Bonchev–Trinajstić information content (AvgIpc) is 3.13. The third kappa shape index (κ3) is 6.71. The van der Waals surface area contributed by atoms with E-state index < -0.39 is 5.97 Å². The Kier molecular flexibility index (Phi) is 9.47. The van der Waals surface area contributed by atoms with Gasteiger partial charge in [-0.2, -0.15) is 0 Å². The molecule has 3 aromatic rings. The van der Waals surface area contributed by atoms with Crippen molar-refractivity contribution < 1.29 is 23.8 Å². The Morgan fingerprint density at radius 3 is 2.41 bits per heavy atom. The highest BCUT2D eigenvalue weighted by atomic mass is 127. The van der Waals surface area contributed by atoms with Crippen LogP contribution in [0.5, 0.6) is 11.5 Å². The van der Waals surface area contributed by atoms with E-state index in [0.29, 0.717) is 41.0 Å². The van der Waals surface area contributed by atoms with Crippen LogP contribution in [-0.2, 0) is 20.9 Å². The summed E-state index contributed by atoms with van der Waals surface area (Å²) in [6, 6.07) is 18.6. The Morgan fingerprint density at radius 1 is 1.08 bits per heavy atom. The zero-order chi connectivity index (χ0) is 28.1. The van der Waals surface area contributed by atoms with Crippen LogP contribution in [0.1, 0.15) is 23.6 Å². The highest BCUT2D eigenvalue weighted by molar-refractivity contribution is 14.1. The van der Waals surface area contributed by atoms with Crippen molar-refractivity contribution in [3.8, 4) is 11.5 Å². The maximum atomic E-state index is 13.6. The zero-order valence-corrected chi connectivity index (χ0v) is 25.3. The van der Waals surface area contributed by atoms with Gasteiger partial charge in [0.2, 0.25) is 0 Å². The maximum Gasteiger partial charge on any atom is 0.325 e. The summed E-state index contributed by atoms with van der Waals surface area (Å²) in [6.07, 6.45) is 1.68. The van der Waals surface area contributed by atoms with Crippen molar-refractivity contribution in [2.24, 2.45) is 0 Å². The van der Waals surface area contributed by atoms with Gasteiger partial charge in [-0.25, -0.2) is 0 Å². The highest BCUT2D eigenvalue weighted by Gasteiger charge is 2.40. The van der Waals surface area contributed by atoms with E-state index in [9.17, 15) is 9.59 Å². The predicted octanol–water partition coefficient (Wildman–Crippen LogP) is 6.38. The molecule has 0 atom stereocenters. The molecule has 39 heavy (non-hydrogen) atoms. The monoisotopic (exact) mass is 676 g/mol. The molecule has 0 aliphatic carbocycles. The van der Waals surface area contributed by atoms with Crippen LogP contribution in [-0.4, -0.2) is 42.2 Å². The number of amides is 1. The van der Waals surface area contributed by atoms with E-state index in [4.69, 9.17) is 38.0 Å². The number of carbonyl (C=O) groups excluding carboxylic acids is 2. The number of rotatable bonds is 9. The van der Waals surface area contributed by atoms with Gasteiger partial charge in [0.05, 0.1) is 23.0 Å². The number of ether oxygens (including phenoxy) is 3. The first kappa shape index (κ1) is 28.8. The van der Waals surface area contributed by atoms with Crippen LogP contribution < -0.4 is 14.4 Å². The second-order valence-electron chi connectivity index (χ2n) is 8.63. The molecule has 10 heteroatoms. The highest BCUT2D eigenvalue weighted by Crippen LogP contribution is 2.37. The number of anilines is 1. The van der Waals surface area contributed by atoms with Gasteiger partial charge >= 0.3 is 5.97 Å². The first-order valence-corrected chi connectivity index (χ1v) is 13.9. The lowest BCUT2D eigenvalue weighted by Crippen LogP contribution is -2.35. The lowest BCUT2D eigenvalue weighted by molar-refractivity contribution is -0.140. The first-order valence-electron chi connectivity index (χ1n) is 12.1. The third-order valence-corrected chi connectivity index (χ3v) is 7.33. The number of thiocarbonyl (C=S) groups is 1. The van der Waals surface area contributed by atoms with Gasteiger partial charge in [-0.1, -0.05) is 41.4 Å². The van der Waals surface area contributed by atoms with E-state index in [1.807, 2.05) is 44.2 Å². The number of benzene rings is 3. The van der Waals surface area contributed by atoms with Gasteiger partial charge < -0.3 is 19.1 Å². The molecule has 0 bridgehead atoms.